The molecule has 0 atom stereocenters. The van der Waals surface area contributed by atoms with Gasteiger partial charge in [-0.25, -0.2) is 19.0 Å². The van der Waals surface area contributed by atoms with Crippen molar-refractivity contribution in [2.75, 3.05) is 12.4 Å². The van der Waals surface area contributed by atoms with Gasteiger partial charge >= 0.3 is 29.6 Å². The van der Waals surface area contributed by atoms with Crippen LogP contribution in [0.1, 0.15) is 11.3 Å². The molecule has 132 valence electrons. The first kappa shape index (κ1) is 22.0. The van der Waals surface area contributed by atoms with Gasteiger partial charge in [0.05, 0.1) is 25.1 Å². The summed E-state index contributed by atoms with van der Waals surface area (Å²) in [5.74, 6) is 0.0516. The zero-order valence-electron chi connectivity index (χ0n) is 13.7. The Balaban J connectivity index is 0.00000169. The van der Waals surface area contributed by atoms with Gasteiger partial charge < -0.3 is 15.2 Å². The third-order valence-corrected chi connectivity index (χ3v) is 3.33. The Labute approximate surface area is 172 Å². The molecule has 3 rings (SSSR count). The fourth-order valence-electron chi connectivity index (χ4n) is 2.16. The molecule has 0 unspecified atom stereocenters. The van der Waals surface area contributed by atoms with Crippen LogP contribution in [0.5, 0.6) is 5.75 Å². The predicted molar refractivity (Wildman–Crippen MR) is 92.3 cm³/mol. The summed E-state index contributed by atoms with van der Waals surface area (Å²) in [6.07, 6.45) is 2.69. The van der Waals surface area contributed by atoms with E-state index in [1.54, 1.807) is 12.1 Å². The fourth-order valence-corrected chi connectivity index (χ4v) is 2.16. The van der Waals surface area contributed by atoms with Gasteiger partial charge in [0.1, 0.15) is 18.5 Å². The number of benzene rings is 1. The van der Waals surface area contributed by atoms with E-state index in [0.29, 0.717) is 22.8 Å². The molecule has 1 aromatic carbocycles. The van der Waals surface area contributed by atoms with Gasteiger partial charge in [-0.05, 0) is 22.6 Å². The van der Waals surface area contributed by atoms with E-state index in [2.05, 4.69) is 30.8 Å². The van der Waals surface area contributed by atoms with Crippen LogP contribution in [-0.4, -0.2) is 50.8 Å². The summed E-state index contributed by atoms with van der Waals surface area (Å²) in [6.45, 7) is -0.0965. The number of rotatable bonds is 6. The maximum atomic E-state index is 14.7. The average molecular weight is 369 g/mol. The Morgan fingerprint density at radius 3 is 2.77 bits per heavy atom. The summed E-state index contributed by atoms with van der Waals surface area (Å²) < 4.78 is 21.0. The van der Waals surface area contributed by atoms with E-state index in [0.717, 1.165) is 0 Å². The Hall–Kier alpha value is -2.08. The van der Waals surface area contributed by atoms with Crippen molar-refractivity contribution in [3.8, 4) is 11.4 Å². The summed E-state index contributed by atoms with van der Waals surface area (Å²) in [4.78, 5) is 7.92. The standard InChI is InChI=1S/C14H14FN7O2.BH4.Na/c1-24-12-3-2-11(22-8-19-20-21-22)10(14(12)15)5-16-13-4-9(6-23)17-7-18-13;;/h2-4,7-8,23H,5-6H2,1H3,(H,16,17,18);1H4;/q;-1;+1. The molecular weight excluding hydrogens is 351 g/mol. The molecule has 0 spiro atoms. The molecule has 0 saturated heterocycles. The van der Waals surface area contributed by atoms with Gasteiger partial charge in [-0.2, -0.15) is 0 Å². The van der Waals surface area contributed by atoms with E-state index < -0.39 is 5.82 Å². The van der Waals surface area contributed by atoms with Crippen molar-refractivity contribution >= 4 is 14.2 Å². The number of nitrogens with zero attached hydrogens (tertiary/aromatic N) is 6. The van der Waals surface area contributed by atoms with Crippen LogP contribution in [0.3, 0.4) is 0 Å². The van der Waals surface area contributed by atoms with Crippen LogP contribution < -0.4 is 39.6 Å². The molecule has 3 aromatic rings. The third-order valence-electron chi connectivity index (χ3n) is 3.33. The van der Waals surface area contributed by atoms with Crippen LogP contribution in [-0.2, 0) is 13.2 Å². The van der Waals surface area contributed by atoms with E-state index in [4.69, 9.17) is 9.84 Å². The summed E-state index contributed by atoms with van der Waals surface area (Å²) in [5.41, 5.74) is 1.24. The minimum Gasteiger partial charge on any atom is -0.494 e. The van der Waals surface area contributed by atoms with Crippen molar-refractivity contribution in [3.63, 3.8) is 0 Å². The number of aliphatic hydroxyl groups excluding tert-OH is 1. The van der Waals surface area contributed by atoms with Crippen LogP contribution in [0.15, 0.2) is 30.9 Å². The summed E-state index contributed by atoms with van der Waals surface area (Å²) >= 11 is 0. The maximum absolute atomic E-state index is 14.7. The second-order valence-corrected chi connectivity index (χ2v) is 4.74. The van der Waals surface area contributed by atoms with Gasteiger partial charge in [0.2, 0.25) is 0 Å². The Bertz CT molecular complexity index is 838. The van der Waals surface area contributed by atoms with Crippen LogP contribution in [0.2, 0.25) is 0 Å². The number of hydrogen-bond acceptors (Lipinski definition) is 8. The van der Waals surface area contributed by atoms with Gasteiger partial charge in [-0.15, -0.1) is 5.10 Å². The van der Waals surface area contributed by atoms with E-state index >= 15 is 0 Å². The Morgan fingerprint density at radius 2 is 2.12 bits per heavy atom. The van der Waals surface area contributed by atoms with Gasteiger partial charge in [0.25, 0.3) is 0 Å². The number of tetrazole rings is 1. The molecule has 0 aliphatic carbocycles. The maximum Gasteiger partial charge on any atom is 1.00 e. The molecular formula is C14H18BFN7NaO2. The van der Waals surface area contributed by atoms with Gasteiger partial charge in [0.15, 0.2) is 11.6 Å². The number of hydrogen-bond donors (Lipinski definition) is 2. The molecule has 26 heavy (non-hydrogen) atoms. The van der Waals surface area contributed by atoms with Crippen molar-refractivity contribution in [1.29, 1.82) is 0 Å². The Morgan fingerprint density at radius 1 is 1.31 bits per heavy atom. The van der Waals surface area contributed by atoms with Gasteiger partial charge in [0, 0.05) is 18.2 Å². The topological polar surface area (TPSA) is 111 Å². The molecule has 0 amide bonds. The van der Waals surface area contributed by atoms with Crippen molar-refractivity contribution in [2.45, 2.75) is 13.2 Å². The summed E-state index contributed by atoms with van der Waals surface area (Å²) in [6, 6.07) is 4.74. The first-order valence-corrected chi connectivity index (χ1v) is 6.97. The van der Waals surface area contributed by atoms with Crippen LogP contribution in [0.25, 0.3) is 5.69 Å². The number of nitrogens with one attached hydrogen (secondary N) is 1. The van der Waals surface area contributed by atoms with E-state index in [-0.39, 0.29) is 56.9 Å². The molecule has 0 fully saturated rings. The average Bonchev–Trinajstić information content (AvgIpc) is 3.15. The molecule has 0 saturated carbocycles. The third kappa shape index (κ3) is 4.76. The summed E-state index contributed by atoms with van der Waals surface area (Å²) in [5, 5.41) is 23.0. The molecule has 9 nitrogen and oxygen atoms in total. The molecule has 0 aliphatic heterocycles. The number of aliphatic hydroxyl groups is 1. The molecule has 0 bridgehead atoms. The van der Waals surface area contributed by atoms with Crippen molar-refractivity contribution in [1.82, 2.24) is 30.2 Å². The number of halogens is 1. The van der Waals surface area contributed by atoms with Crippen LogP contribution in [0.4, 0.5) is 10.2 Å². The minimum absolute atomic E-state index is 0. The normalized spacial score (nSPS) is 9.81. The van der Waals surface area contributed by atoms with E-state index in [1.807, 2.05) is 0 Å². The van der Waals surface area contributed by atoms with E-state index in [1.165, 1.54) is 30.5 Å². The number of aromatic nitrogens is 6. The molecule has 0 aliphatic rings. The fraction of sp³-hybridized carbons (Fsp3) is 0.214. The molecule has 12 heteroatoms. The van der Waals surface area contributed by atoms with Gasteiger partial charge in [-0.1, -0.05) is 8.41 Å². The number of methoxy groups -OCH3 is 1. The monoisotopic (exact) mass is 369 g/mol. The van der Waals surface area contributed by atoms with E-state index in [9.17, 15) is 4.39 Å². The van der Waals surface area contributed by atoms with Crippen LogP contribution >= 0.6 is 0 Å². The summed E-state index contributed by atoms with van der Waals surface area (Å²) in [7, 11) is 1.39. The van der Waals surface area contributed by atoms with Crippen molar-refractivity contribution < 1.29 is 43.8 Å². The first-order valence-electron chi connectivity index (χ1n) is 6.97. The second kappa shape index (κ2) is 10.2. The number of ether oxygens (including phenoxy) is 1. The Kier molecular flexibility index (Phi) is 8.59. The van der Waals surface area contributed by atoms with Crippen molar-refractivity contribution in [3.05, 3.63) is 47.9 Å². The zero-order valence-corrected chi connectivity index (χ0v) is 15.7. The van der Waals surface area contributed by atoms with Crippen molar-refractivity contribution in [2.24, 2.45) is 0 Å². The predicted octanol–water partition coefficient (Wildman–Crippen LogP) is -3.74. The SMILES string of the molecule is COc1ccc(-n2cnnn2)c(CNc2cc(CO)ncn2)c1F.[BH4-].[Na+]. The smallest absolute Gasteiger partial charge is 0.494 e. The first-order chi connectivity index (χ1) is 11.7. The molecule has 2 N–H and O–H groups in total. The molecule has 2 aromatic heterocycles. The van der Waals surface area contributed by atoms with Crippen LogP contribution in [0, 0.1) is 5.82 Å². The van der Waals surface area contributed by atoms with Gasteiger partial charge in [-0.3, -0.25) is 0 Å². The minimum atomic E-state index is -0.519. The molecule has 0 radical (unpaired) electrons. The largest absolute Gasteiger partial charge is 1.00 e. The zero-order chi connectivity index (χ0) is 16.9. The second-order valence-electron chi connectivity index (χ2n) is 4.74. The molecule has 2 heterocycles. The number of anilines is 1. The quantitative estimate of drug-likeness (QED) is 0.427.